The summed E-state index contributed by atoms with van der Waals surface area (Å²) in [6.07, 6.45) is 2.93. The predicted molar refractivity (Wildman–Crippen MR) is 70.9 cm³/mol. The van der Waals surface area contributed by atoms with Gasteiger partial charge in [0.2, 0.25) is 0 Å². The second-order valence-corrected chi connectivity index (χ2v) is 5.08. The smallest absolute Gasteiger partial charge is 0.277 e. The Labute approximate surface area is 108 Å². The van der Waals surface area contributed by atoms with Crippen LogP contribution in [0.25, 0.3) is 5.57 Å². The number of rotatable bonds is 2. The zero-order chi connectivity index (χ0) is 12.4. The van der Waals surface area contributed by atoms with E-state index in [9.17, 15) is 10.1 Å². The van der Waals surface area contributed by atoms with Gasteiger partial charge in [-0.2, -0.15) is 0 Å². The monoisotopic (exact) mass is 296 g/mol. The van der Waals surface area contributed by atoms with E-state index in [1.807, 2.05) is 19.2 Å². The Balaban J connectivity index is 2.41. The minimum Gasteiger partial charge on any atom is -0.302 e. The number of halogens is 1. The van der Waals surface area contributed by atoms with Crippen molar-refractivity contribution >= 4 is 27.2 Å². The van der Waals surface area contributed by atoms with Gasteiger partial charge in [-0.1, -0.05) is 22.0 Å². The Kier molecular flexibility index (Phi) is 3.59. The zero-order valence-corrected chi connectivity index (χ0v) is 11.1. The number of hydrogen-bond acceptors (Lipinski definition) is 3. The van der Waals surface area contributed by atoms with Gasteiger partial charge in [0, 0.05) is 23.6 Å². The van der Waals surface area contributed by atoms with E-state index < -0.39 is 0 Å². The third kappa shape index (κ3) is 2.73. The minimum atomic E-state index is -0.320. The summed E-state index contributed by atoms with van der Waals surface area (Å²) in [5.41, 5.74) is 1.99. The molecule has 0 saturated carbocycles. The van der Waals surface area contributed by atoms with E-state index in [0.717, 1.165) is 35.1 Å². The van der Waals surface area contributed by atoms with E-state index in [-0.39, 0.29) is 10.6 Å². The van der Waals surface area contributed by atoms with Gasteiger partial charge in [0.15, 0.2) is 0 Å². The molecule has 0 saturated heterocycles. The van der Waals surface area contributed by atoms with Crippen LogP contribution < -0.4 is 0 Å². The molecule has 1 aromatic carbocycles. The van der Waals surface area contributed by atoms with Gasteiger partial charge in [0.1, 0.15) is 0 Å². The summed E-state index contributed by atoms with van der Waals surface area (Å²) >= 11 is 3.27. The number of likely N-dealkylation sites (N-methyl/N-ethyl adjacent to an activating group) is 1. The van der Waals surface area contributed by atoms with E-state index in [2.05, 4.69) is 26.9 Å². The van der Waals surface area contributed by atoms with E-state index in [1.165, 1.54) is 0 Å². The molecule has 17 heavy (non-hydrogen) atoms. The minimum absolute atomic E-state index is 0.176. The molecule has 1 heterocycles. The number of hydrogen-bond donors (Lipinski definition) is 0. The lowest BCUT2D eigenvalue weighted by molar-refractivity contribution is -0.385. The fourth-order valence-corrected chi connectivity index (χ4v) is 2.29. The normalized spacial score (nSPS) is 16.7. The molecule has 0 bridgehead atoms. The number of nitro benzene ring substituents is 1. The number of nitrogens with zero attached hydrogens (tertiary/aromatic N) is 2. The Morgan fingerprint density at radius 3 is 2.82 bits per heavy atom. The van der Waals surface area contributed by atoms with Crippen LogP contribution in [0.15, 0.2) is 28.7 Å². The number of benzene rings is 1. The van der Waals surface area contributed by atoms with Crippen LogP contribution in [-0.2, 0) is 0 Å². The maximum Gasteiger partial charge on any atom is 0.277 e. The lowest BCUT2D eigenvalue weighted by atomic mass is 9.98. The molecule has 0 N–H and O–H groups in total. The summed E-state index contributed by atoms with van der Waals surface area (Å²) in [7, 11) is 2.04. The molecular formula is C12H13BrN2O2. The van der Waals surface area contributed by atoms with Crippen LogP contribution in [0.4, 0.5) is 5.69 Å². The molecule has 4 nitrogen and oxygen atoms in total. The predicted octanol–water partition coefficient (Wildman–Crippen LogP) is 3.08. The molecule has 1 aliphatic rings. The summed E-state index contributed by atoms with van der Waals surface area (Å²) in [5, 5.41) is 11.0. The highest BCUT2D eigenvalue weighted by Crippen LogP contribution is 2.32. The first-order chi connectivity index (χ1) is 8.08. The van der Waals surface area contributed by atoms with Crippen molar-refractivity contribution < 1.29 is 4.92 Å². The second-order valence-electron chi connectivity index (χ2n) is 4.16. The molecule has 0 atom stereocenters. The van der Waals surface area contributed by atoms with Gasteiger partial charge in [-0.3, -0.25) is 10.1 Å². The molecule has 0 aliphatic carbocycles. The van der Waals surface area contributed by atoms with E-state index in [1.54, 1.807) is 6.07 Å². The summed E-state index contributed by atoms with van der Waals surface area (Å²) in [6, 6.07) is 5.23. The first-order valence-corrected chi connectivity index (χ1v) is 6.19. The highest BCUT2D eigenvalue weighted by atomic mass is 79.9. The fourth-order valence-electron chi connectivity index (χ4n) is 1.94. The van der Waals surface area contributed by atoms with Gasteiger partial charge in [-0.05, 0) is 31.2 Å². The van der Waals surface area contributed by atoms with Crippen LogP contribution in [0.3, 0.4) is 0 Å². The van der Waals surface area contributed by atoms with Gasteiger partial charge < -0.3 is 4.90 Å². The van der Waals surface area contributed by atoms with Crippen molar-refractivity contribution in [2.75, 3.05) is 20.1 Å². The van der Waals surface area contributed by atoms with Crippen molar-refractivity contribution in [1.29, 1.82) is 0 Å². The average molecular weight is 297 g/mol. The Morgan fingerprint density at radius 1 is 1.47 bits per heavy atom. The maximum atomic E-state index is 11.0. The van der Waals surface area contributed by atoms with Gasteiger partial charge in [0.05, 0.1) is 10.5 Å². The van der Waals surface area contributed by atoms with E-state index in [0.29, 0.717) is 0 Å². The molecule has 0 spiro atoms. The Hall–Kier alpha value is -1.20. The third-order valence-corrected chi connectivity index (χ3v) is 3.41. The van der Waals surface area contributed by atoms with Crippen LogP contribution in [0, 0.1) is 10.1 Å². The lowest BCUT2D eigenvalue weighted by Crippen LogP contribution is -2.23. The standard InChI is InChI=1S/C12H13BrN2O2/c1-14-6-4-9(5-7-14)11-3-2-10(13)8-12(11)15(16)17/h2-4,8H,5-7H2,1H3. The highest BCUT2D eigenvalue weighted by Gasteiger charge is 2.19. The molecule has 5 heteroatoms. The third-order valence-electron chi connectivity index (χ3n) is 2.91. The van der Waals surface area contributed by atoms with Crippen LogP contribution in [0.5, 0.6) is 0 Å². The summed E-state index contributed by atoms with van der Waals surface area (Å²) in [4.78, 5) is 12.9. The Morgan fingerprint density at radius 2 is 2.24 bits per heavy atom. The average Bonchev–Trinajstić information content (AvgIpc) is 2.30. The van der Waals surface area contributed by atoms with Crippen LogP contribution in [-0.4, -0.2) is 30.0 Å². The van der Waals surface area contributed by atoms with Crippen molar-refractivity contribution in [3.8, 4) is 0 Å². The SMILES string of the molecule is CN1CC=C(c2ccc(Br)cc2[N+](=O)[O-])CC1. The van der Waals surface area contributed by atoms with Crippen LogP contribution in [0.2, 0.25) is 0 Å². The van der Waals surface area contributed by atoms with Crippen LogP contribution in [0.1, 0.15) is 12.0 Å². The van der Waals surface area contributed by atoms with Crippen molar-refractivity contribution in [3.05, 3.63) is 44.4 Å². The topological polar surface area (TPSA) is 46.4 Å². The molecule has 2 rings (SSSR count). The lowest BCUT2D eigenvalue weighted by Gasteiger charge is -2.21. The second kappa shape index (κ2) is 4.98. The summed E-state index contributed by atoms with van der Waals surface area (Å²) in [6.45, 7) is 1.79. The van der Waals surface area contributed by atoms with Crippen molar-refractivity contribution in [1.82, 2.24) is 4.90 Å². The summed E-state index contributed by atoms with van der Waals surface area (Å²) < 4.78 is 0.737. The molecular weight excluding hydrogens is 284 g/mol. The molecule has 0 amide bonds. The summed E-state index contributed by atoms with van der Waals surface area (Å²) in [5.74, 6) is 0. The first kappa shape index (κ1) is 12.3. The van der Waals surface area contributed by atoms with E-state index in [4.69, 9.17) is 0 Å². The van der Waals surface area contributed by atoms with Crippen LogP contribution >= 0.6 is 15.9 Å². The molecule has 1 aliphatic heterocycles. The molecule has 0 aromatic heterocycles. The van der Waals surface area contributed by atoms with Crippen molar-refractivity contribution in [2.45, 2.75) is 6.42 Å². The van der Waals surface area contributed by atoms with Crippen molar-refractivity contribution in [3.63, 3.8) is 0 Å². The largest absolute Gasteiger partial charge is 0.302 e. The number of nitro groups is 1. The zero-order valence-electron chi connectivity index (χ0n) is 9.52. The van der Waals surface area contributed by atoms with E-state index >= 15 is 0 Å². The fraction of sp³-hybridized carbons (Fsp3) is 0.333. The van der Waals surface area contributed by atoms with Crippen molar-refractivity contribution in [2.24, 2.45) is 0 Å². The Bertz CT molecular complexity index is 485. The van der Waals surface area contributed by atoms with Gasteiger partial charge in [0.25, 0.3) is 5.69 Å². The molecule has 0 unspecified atom stereocenters. The van der Waals surface area contributed by atoms with Gasteiger partial charge >= 0.3 is 0 Å². The highest BCUT2D eigenvalue weighted by molar-refractivity contribution is 9.10. The quantitative estimate of drug-likeness (QED) is 0.622. The first-order valence-electron chi connectivity index (χ1n) is 5.40. The van der Waals surface area contributed by atoms with Gasteiger partial charge in [-0.15, -0.1) is 0 Å². The molecule has 0 radical (unpaired) electrons. The maximum absolute atomic E-state index is 11.0. The van der Waals surface area contributed by atoms with Gasteiger partial charge in [-0.25, -0.2) is 0 Å². The molecule has 0 fully saturated rings. The molecule has 90 valence electrons. The molecule has 1 aromatic rings.